The third-order valence-corrected chi connectivity index (χ3v) is 5.40. The van der Waals surface area contributed by atoms with E-state index in [4.69, 9.17) is 9.47 Å². The van der Waals surface area contributed by atoms with Gasteiger partial charge in [0.1, 0.15) is 12.6 Å². The van der Waals surface area contributed by atoms with Gasteiger partial charge in [-0.1, -0.05) is 68.3 Å². The van der Waals surface area contributed by atoms with Crippen LogP contribution in [0.25, 0.3) is 11.1 Å². The summed E-state index contributed by atoms with van der Waals surface area (Å²) in [5.74, 6) is -0.415. The molecule has 0 radical (unpaired) electrons. The largest absolute Gasteiger partial charge is 0.467 e. The molecule has 1 amide bonds. The van der Waals surface area contributed by atoms with Gasteiger partial charge in [0.25, 0.3) is 0 Å². The lowest BCUT2D eigenvalue weighted by molar-refractivity contribution is -0.146. The lowest BCUT2D eigenvalue weighted by Crippen LogP contribution is -2.43. The topological polar surface area (TPSA) is 55.8 Å². The van der Waals surface area contributed by atoms with Crippen molar-refractivity contribution in [1.29, 1.82) is 0 Å². The first-order valence-corrected chi connectivity index (χ1v) is 9.74. The van der Waals surface area contributed by atoms with Crippen molar-refractivity contribution in [2.75, 3.05) is 20.8 Å². The number of ether oxygens (including phenoxy) is 2. The normalized spacial score (nSPS) is 13.4. The minimum atomic E-state index is -0.624. The van der Waals surface area contributed by atoms with Crippen molar-refractivity contribution in [2.24, 2.45) is 0 Å². The maximum absolute atomic E-state index is 12.6. The summed E-state index contributed by atoms with van der Waals surface area (Å²) in [6, 6.07) is 15.8. The van der Waals surface area contributed by atoms with Crippen molar-refractivity contribution in [3.05, 3.63) is 59.7 Å². The molecule has 1 aliphatic carbocycles. The van der Waals surface area contributed by atoms with Gasteiger partial charge in [-0.25, -0.2) is 9.59 Å². The number of nitrogens with zero attached hydrogens (tertiary/aromatic N) is 1. The Morgan fingerprint density at radius 3 is 2.14 bits per heavy atom. The molecular formula is C23H27NO4. The second kappa shape index (κ2) is 8.91. The molecule has 1 atom stereocenters. The number of esters is 1. The molecule has 0 fully saturated rings. The van der Waals surface area contributed by atoms with Crippen LogP contribution in [0.5, 0.6) is 0 Å². The van der Waals surface area contributed by atoms with Crippen LogP contribution in [0.15, 0.2) is 48.5 Å². The van der Waals surface area contributed by atoms with Gasteiger partial charge < -0.3 is 9.47 Å². The third kappa shape index (κ3) is 3.88. The number of benzene rings is 2. The SMILES string of the molecule is CCCC[C@@H](C(=O)OC)N(C)C(=O)OCC1c2ccccc2-c2ccccc21. The Kier molecular flexibility index (Phi) is 6.34. The van der Waals surface area contributed by atoms with E-state index in [1.807, 2.05) is 31.2 Å². The van der Waals surface area contributed by atoms with Crippen LogP contribution >= 0.6 is 0 Å². The predicted molar refractivity (Wildman–Crippen MR) is 108 cm³/mol. The molecule has 0 unspecified atom stereocenters. The molecular weight excluding hydrogens is 354 g/mol. The fourth-order valence-electron chi connectivity index (χ4n) is 3.83. The van der Waals surface area contributed by atoms with E-state index in [1.54, 1.807) is 7.05 Å². The van der Waals surface area contributed by atoms with Crippen LogP contribution in [0.4, 0.5) is 4.79 Å². The molecule has 2 aromatic rings. The van der Waals surface area contributed by atoms with Crippen LogP contribution in [0.2, 0.25) is 0 Å². The Labute approximate surface area is 166 Å². The molecule has 3 rings (SSSR count). The predicted octanol–water partition coefficient (Wildman–Crippen LogP) is 4.60. The van der Waals surface area contributed by atoms with E-state index in [9.17, 15) is 9.59 Å². The molecule has 0 saturated carbocycles. The molecule has 5 nitrogen and oxygen atoms in total. The van der Waals surface area contributed by atoms with Crippen LogP contribution < -0.4 is 0 Å². The average molecular weight is 381 g/mol. The van der Waals surface area contributed by atoms with E-state index in [1.165, 1.54) is 23.1 Å². The Morgan fingerprint density at radius 2 is 1.61 bits per heavy atom. The molecule has 0 saturated heterocycles. The van der Waals surface area contributed by atoms with Gasteiger partial charge in [-0.3, -0.25) is 4.90 Å². The highest BCUT2D eigenvalue weighted by atomic mass is 16.6. The summed E-state index contributed by atoms with van der Waals surface area (Å²) >= 11 is 0. The van der Waals surface area contributed by atoms with Gasteiger partial charge in [-0.15, -0.1) is 0 Å². The molecule has 5 heteroatoms. The fraction of sp³-hybridized carbons (Fsp3) is 0.391. The number of likely N-dealkylation sites (N-methyl/N-ethyl adjacent to an activating group) is 1. The van der Waals surface area contributed by atoms with Gasteiger partial charge >= 0.3 is 12.1 Å². The van der Waals surface area contributed by atoms with Gasteiger partial charge in [0.15, 0.2) is 0 Å². The van der Waals surface area contributed by atoms with E-state index in [-0.39, 0.29) is 12.5 Å². The van der Waals surface area contributed by atoms with Crippen molar-refractivity contribution >= 4 is 12.1 Å². The molecule has 28 heavy (non-hydrogen) atoms. The van der Waals surface area contributed by atoms with Gasteiger partial charge in [-0.2, -0.15) is 0 Å². The number of hydrogen-bond donors (Lipinski definition) is 0. The molecule has 0 heterocycles. The Balaban J connectivity index is 1.73. The maximum atomic E-state index is 12.6. The van der Waals surface area contributed by atoms with Gasteiger partial charge in [0, 0.05) is 13.0 Å². The molecule has 1 aliphatic rings. The summed E-state index contributed by atoms with van der Waals surface area (Å²) in [5.41, 5.74) is 4.69. The highest BCUT2D eigenvalue weighted by Gasteiger charge is 2.32. The summed E-state index contributed by atoms with van der Waals surface area (Å²) in [6.07, 6.45) is 1.82. The average Bonchev–Trinajstić information content (AvgIpc) is 3.05. The maximum Gasteiger partial charge on any atom is 0.410 e. The molecule has 0 aromatic heterocycles. The standard InChI is InChI=1S/C23H27NO4/c1-4-5-14-21(22(25)27-3)24(2)23(26)28-15-20-18-12-8-6-10-16(18)17-11-7-9-13-19(17)20/h6-13,20-21H,4-5,14-15H2,1-3H3/t21-/m0/s1. The number of carbonyl (C=O) groups is 2. The lowest BCUT2D eigenvalue weighted by Gasteiger charge is -2.26. The van der Waals surface area contributed by atoms with E-state index < -0.39 is 18.1 Å². The van der Waals surface area contributed by atoms with Gasteiger partial charge in [0.2, 0.25) is 0 Å². The highest BCUT2D eigenvalue weighted by Crippen LogP contribution is 2.44. The summed E-state index contributed by atoms with van der Waals surface area (Å²) in [5, 5.41) is 0. The van der Waals surface area contributed by atoms with Crippen molar-refractivity contribution in [1.82, 2.24) is 4.90 Å². The van der Waals surface area contributed by atoms with E-state index >= 15 is 0 Å². The van der Waals surface area contributed by atoms with Crippen molar-refractivity contribution in [3.8, 4) is 11.1 Å². The number of unbranched alkanes of at least 4 members (excludes halogenated alkanes) is 1. The Morgan fingerprint density at radius 1 is 1.04 bits per heavy atom. The summed E-state index contributed by atoms with van der Waals surface area (Å²) in [6.45, 7) is 2.28. The lowest BCUT2D eigenvalue weighted by atomic mass is 9.98. The first kappa shape index (κ1) is 19.9. The van der Waals surface area contributed by atoms with Crippen LogP contribution in [0.1, 0.15) is 43.2 Å². The number of hydrogen-bond acceptors (Lipinski definition) is 4. The minimum Gasteiger partial charge on any atom is -0.467 e. The van der Waals surface area contributed by atoms with E-state index in [2.05, 4.69) is 24.3 Å². The van der Waals surface area contributed by atoms with Crippen LogP contribution in [-0.2, 0) is 14.3 Å². The number of fused-ring (bicyclic) bond motifs is 3. The fourth-order valence-corrected chi connectivity index (χ4v) is 3.83. The summed E-state index contributed by atoms with van der Waals surface area (Å²) < 4.78 is 10.5. The highest BCUT2D eigenvalue weighted by molar-refractivity contribution is 5.82. The summed E-state index contributed by atoms with van der Waals surface area (Å²) in [7, 11) is 2.93. The second-order valence-electron chi connectivity index (χ2n) is 7.10. The molecule has 0 N–H and O–H groups in total. The van der Waals surface area contributed by atoms with Crippen molar-refractivity contribution in [3.63, 3.8) is 0 Å². The molecule has 0 bridgehead atoms. The molecule has 0 spiro atoms. The quantitative estimate of drug-likeness (QED) is 0.658. The first-order valence-electron chi connectivity index (χ1n) is 9.74. The first-order chi connectivity index (χ1) is 13.6. The zero-order chi connectivity index (χ0) is 20.1. The van der Waals surface area contributed by atoms with Crippen LogP contribution in [0.3, 0.4) is 0 Å². The van der Waals surface area contributed by atoms with Crippen LogP contribution in [0, 0.1) is 0 Å². The molecule has 0 aliphatic heterocycles. The van der Waals surface area contributed by atoms with E-state index in [0.29, 0.717) is 6.42 Å². The number of rotatable bonds is 7. The number of amides is 1. The monoisotopic (exact) mass is 381 g/mol. The smallest absolute Gasteiger partial charge is 0.410 e. The number of carbonyl (C=O) groups excluding carboxylic acids is 2. The van der Waals surface area contributed by atoms with Gasteiger partial charge in [0.05, 0.1) is 7.11 Å². The van der Waals surface area contributed by atoms with Crippen molar-refractivity contribution < 1.29 is 19.1 Å². The van der Waals surface area contributed by atoms with E-state index in [0.717, 1.165) is 24.0 Å². The number of methoxy groups -OCH3 is 1. The van der Waals surface area contributed by atoms with Crippen LogP contribution in [-0.4, -0.2) is 43.8 Å². The zero-order valence-corrected chi connectivity index (χ0v) is 16.7. The Bertz CT molecular complexity index is 803. The summed E-state index contributed by atoms with van der Waals surface area (Å²) in [4.78, 5) is 26.1. The third-order valence-electron chi connectivity index (χ3n) is 5.40. The molecule has 2 aromatic carbocycles. The second-order valence-corrected chi connectivity index (χ2v) is 7.10. The molecule has 148 valence electrons. The minimum absolute atomic E-state index is 0.00281. The van der Waals surface area contributed by atoms with Crippen molar-refractivity contribution in [2.45, 2.75) is 38.1 Å². The Hall–Kier alpha value is -2.82. The zero-order valence-electron chi connectivity index (χ0n) is 16.7. The van der Waals surface area contributed by atoms with Gasteiger partial charge in [-0.05, 0) is 28.7 Å².